The first kappa shape index (κ1) is 21.8. The summed E-state index contributed by atoms with van der Waals surface area (Å²) >= 11 is 0. The van der Waals surface area contributed by atoms with Crippen LogP contribution in [0, 0.1) is 6.92 Å². The monoisotopic (exact) mass is 430 g/mol. The van der Waals surface area contributed by atoms with Crippen molar-refractivity contribution >= 4 is 11.5 Å². The molecule has 7 nitrogen and oxygen atoms in total. The van der Waals surface area contributed by atoms with E-state index in [1.54, 1.807) is 13.3 Å². The van der Waals surface area contributed by atoms with Gasteiger partial charge in [-0.25, -0.2) is 4.98 Å². The van der Waals surface area contributed by atoms with E-state index in [-0.39, 0.29) is 6.04 Å². The lowest BCUT2D eigenvalue weighted by Crippen LogP contribution is -2.32. The summed E-state index contributed by atoms with van der Waals surface area (Å²) in [5.74, 6) is 1.84. The Bertz CT molecular complexity index is 1090. The number of aromatic nitrogens is 3. The molecule has 3 N–H and O–H groups in total. The number of hydrogen-bond acceptors (Lipinski definition) is 7. The van der Waals surface area contributed by atoms with Gasteiger partial charge >= 0.3 is 0 Å². The Hall–Kier alpha value is -3.45. The Kier molecular flexibility index (Phi) is 6.37. The van der Waals surface area contributed by atoms with Gasteiger partial charge in [-0.05, 0) is 55.8 Å². The second-order valence-corrected chi connectivity index (χ2v) is 8.30. The number of pyridine rings is 1. The van der Waals surface area contributed by atoms with E-state index in [1.165, 1.54) is 5.56 Å². The molecule has 1 aliphatic rings. The van der Waals surface area contributed by atoms with Crippen molar-refractivity contribution in [3.8, 4) is 17.3 Å². The van der Waals surface area contributed by atoms with E-state index in [0.29, 0.717) is 35.8 Å². The van der Waals surface area contributed by atoms with Crippen molar-refractivity contribution in [3.63, 3.8) is 0 Å². The Morgan fingerprint density at radius 1 is 1.22 bits per heavy atom. The van der Waals surface area contributed by atoms with Gasteiger partial charge in [0.05, 0.1) is 12.8 Å². The van der Waals surface area contributed by atoms with Crippen LogP contribution in [0.4, 0.5) is 11.5 Å². The summed E-state index contributed by atoms with van der Waals surface area (Å²) in [5, 5.41) is 12.4. The topological polar surface area (TPSA) is 89.2 Å². The molecule has 0 amide bonds. The zero-order chi connectivity index (χ0) is 22.7. The number of nitrogens with zero attached hydrogens (tertiary/aromatic N) is 4. The number of nitrogens with two attached hydrogens (primary N) is 1. The van der Waals surface area contributed by atoms with E-state index in [4.69, 9.17) is 10.5 Å². The molecule has 0 saturated heterocycles. The summed E-state index contributed by atoms with van der Waals surface area (Å²) in [5.41, 5.74) is 10.6. The molecule has 3 aromatic rings. The number of ether oxygens (including phenoxy) is 1. The predicted octanol–water partition coefficient (Wildman–Crippen LogP) is 4.12. The molecule has 2 heterocycles. The number of benzene rings is 1. The third-order valence-corrected chi connectivity index (χ3v) is 5.64. The van der Waals surface area contributed by atoms with Crippen LogP contribution in [-0.2, 0) is 0 Å². The van der Waals surface area contributed by atoms with Crippen molar-refractivity contribution in [3.05, 3.63) is 72.4 Å². The van der Waals surface area contributed by atoms with Crippen LogP contribution >= 0.6 is 0 Å². The fraction of sp³-hybridized carbons (Fsp3) is 0.320. The van der Waals surface area contributed by atoms with Crippen LogP contribution in [0.2, 0.25) is 0 Å². The summed E-state index contributed by atoms with van der Waals surface area (Å²) in [6.45, 7) is 8.48. The summed E-state index contributed by atoms with van der Waals surface area (Å²) in [6.07, 6.45) is 2.84. The molecule has 0 aliphatic heterocycles. The SMILES string of the molecule is C=CN(CC(C)N)c1ccc(-c2cc(C)c(NC3CC3c3ccccc3)nn2)nc1OC. The number of aryl methyl sites for hydroxylation is 1. The normalized spacial score (nSPS) is 18.0. The fourth-order valence-corrected chi connectivity index (χ4v) is 3.88. The molecule has 2 aromatic heterocycles. The third-order valence-electron chi connectivity index (χ3n) is 5.64. The average Bonchev–Trinajstić information content (AvgIpc) is 3.58. The molecule has 4 rings (SSSR count). The highest BCUT2D eigenvalue weighted by atomic mass is 16.5. The van der Waals surface area contributed by atoms with E-state index in [0.717, 1.165) is 23.5 Å². The van der Waals surface area contributed by atoms with Crippen LogP contribution in [0.25, 0.3) is 11.4 Å². The van der Waals surface area contributed by atoms with Crippen LogP contribution in [0.3, 0.4) is 0 Å². The van der Waals surface area contributed by atoms with Gasteiger partial charge in [0.2, 0.25) is 5.88 Å². The molecule has 32 heavy (non-hydrogen) atoms. The van der Waals surface area contributed by atoms with Crippen LogP contribution in [0.15, 0.2) is 61.3 Å². The van der Waals surface area contributed by atoms with Crippen LogP contribution in [-0.4, -0.2) is 40.9 Å². The smallest absolute Gasteiger partial charge is 0.238 e. The molecule has 7 heteroatoms. The van der Waals surface area contributed by atoms with Crippen molar-refractivity contribution in [1.29, 1.82) is 0 Å². The highest BCUT2D eigenvalue weighted by Gasteiger charge is 2.38. The molecule has 0 radical (unpaired) electrons. The largest absolute Gasteiger partial charge is 0.479 e. The summed E-state index contributed by atoms with van der Waals surface area (Å²) in [7, 11) is 1.60. The van der Waals surface area contributed by atoms with E-state index in [9.17, 15) is 0 Å². The molecule has 1 aliphatic carbocycles. The van der Waals surface area contributed by atoms with Gasteiger partial charge in [-0.2, -0.15) is 0 Å². The average molecular weight is 431 g/mol. The molecular formula is C25H30N6O. The fourth-order valence-electron chi connectivity index (χ4n) is 3.88. The summed E-state index contributed by atoms with van der Waals surface area (Å²) in [6, 6.07) is 16.8. The van der Waals surface area contributed by atoms with Gasteiger partial charge in [0.1, 0.15) is 11.4 Å². The van der Waals surface area contributed by atoms with Crippen LogP contribution in [0.1, 0.15) is 30.4 Å². The zero-order valence-corrected chi connectivity index (χ0v) is 18.8. The molecule has 3 atom stereocenters. The van der Waals surface area contributed by atoms with E-state index < -0.39 is 0 Å². The second-order valence-electron chi connectivity index (χ2n) is 8.30. The molecule has 1 fully saturated rings. The lowest BCUT2D eigenvalue weighted by atomic mass is 10.1. The van der Waals surface area contributed by atoms with Crippen molar-refractivity contribution in [1.82, 2.24) is 15.2 Å². The van der Waals surface area contributed by atoms with Crippen LogP contribution in [0.5, 0.6) is 5.88 Å². The Balaban J connectivity index is 1.51. The number of nitrogens with one attached hydrogen (secondary N) is 1. The lowest BCUT2D eigenvalue weighted by molar-refractivity contribution is 0.398. The van der Waals surface area contributed by atoms with E-state index in [2.05, 4.69) is 51.3 Å². The maximum atomic E-state index is 5.96. The summed E-state index contributed by atoms with van der Waals surface area (Å²) in [4.78, 5) is 6.59. The van der Waals surface area contributed by atoms with Gasteiger partial charge in [0.15, 0.2) is 5.82 Å². The van der Waals surface area contributed by atoms with E-state index >= 15 is 0 Å². The first-order chi connectivity index (χ1) is 15.5. The maximum absolute atomic E-state index is 5.96. The van der Waals surface area contributed by atoms with Gasteiger partial charge in [-0.15, -0.1) is 10.2 Å². The zero-order valence-electron chi connectivity index (χ0n) is 18.8. The quantitative estimate of drug-likeness (QED) is 0.528. The number of anilines is 2. The highest BCUT2D eigenvalue weighted by Crippen LogP contribution is 2.42. The minimum absolute atomic E-state index is 0.0149. The van der Waals surface area contributed by atoms with Crippen molar-refractivity contribution in [2.45, 2.75) is 38.3 Å². The van der Waals surface area contributed by atoms with Gasteiger partial charge < -0.3 is 20.7 Å². The first-order valence-electron chi connectivity index (χ1n) is 10.9. The highest BCUT2D eigenvalue weighted by molar-refractivity contribution is 5.65. The Labute approximate surface area is 189 Å². The molecule has 3 unspecified atom stereocenters. The number of rotatable bonds is 9. The molecule has 0 bridgehead atoms. The minimum Gasteiger partial charge on any atom is -0.479 e. The maximum Gasteiger partial charge on any atom is 0.238 e. The Morgan fingerprint density at radius 2 is 2.00 bits per heavy atom. The van der Waals surface area contributed by atoms with Crippen molar-refractivity contribution in [2.75, 3.05) is 23.9 Å². The molecule has 166 valence electrons. The molecule has 0 spiro atoms. The molecule has 1 aromatic carbocycles. The van der Waals surface area contributed by atoms with Crippen molar-refractivity contribution in [2.24, 2.45) is 5.73 Å². The first-order valence-corrected chi connectivity index (χ1v) is 10.9. The molecule has 1 saturated carbocycles. The van der Waals surface area contributed by atoms with Gasteiger partial charge in [0, 0.05) is 24.5 Å². The van der Waals surface area contributed by atoms with Crippen LogP contribution < -0.4 is 20.7 Å². The standard InChI is InChI=1S/C25H30N6O/c1-5-31(15-17(3)26)23-12-11-20(28-25(23)32-4)22-13-16(2)24(30-29-22)27-21-14-19(21)18-9-7-6-8-10-18/h5-13,17,19,21H,1,14-15,26H2,2-4H3,(H,27,30). The Morgan fingerprint density at radius 3 is 2.66 bits per heavy atom. The van der Waals surface area contributed by atoms with Gasteiger partial charge in [0.25, 0.3) is 0 Å². The minimum atomic E-state index is -0.0149. The van der Waals surface area contributed by atoms with Crippen molar-refractivity contribution < 1.29 is 4.74 Å². The number of hydrogen-bond donors (Lipinski definition) is 2. The third kappa shape index (κ3) is 4.73. The second kappa shape index (κ2) is 9.36. The van der Waals surface area contributed by atoms with E-state index in [1.807, 2.05) is 43.0 Å². The molecular weight excluding hydrogens is 400 g/mol. The predicted molar refractivity (Wildman–Crippen MR) is 129 cm³/mol. The van der Waals surface area contributed by atoms with Gasteiger partial charge in [-0.3, -0.25) is 0 Å². The lowest BCUT2D eigenvalue weighted by Gasteiger charge is -2.23. The summed E-state index contributed by atoms with van der Waals surface area (Å²) < 4.78 is 5.54. The number of methoxy groups -OCH3 is 1. The van der Waals surface area contributed by atoms with Gasteiger partial charge in [-0.1, -0.05) is 36.9 Å².